The summed E-state index contributed by atoms with van der Waals surface area (Å²) >= 11 is 1.71. The van der Waals surface area contributed by atoms with Gasteiger partial charge in [0.1, 0.15) is 5.75 Å². The molecule has 0 atom stereocenters. The summed E-state index contributed by atoms with van der Waals surface area (Å²) in [4.78, 5) is 12.9. The maximum atomic E-state index is 11.7. The molecule has 1 aromatic heterocycles. The Kier molecular flexibility index (Phi) is 5.18. The van der Waals surface area contributed by atoms with E-state index in [0.717, 1.165) is 12.2 Å². The van der Waals surface area contributed by atoms with Crippen LogP contribution in [0.15, 0.2) is 35.7 Å². The molecule has 0 spiro atoms. The number of aryl methyl sites for hydroxylation is 2. The number of ether oxygens (including phenoxy) is 1. The van der Waals surface area contributed by atoms with Crippen molar-refractivity contribution in [3.63, 3.8) is 0 Å². The zero-order chi connectivity index (χ0) is 14.4. The van der Waals surface area contributed by atoms with Crippen molar-refractivity contribution in [2.24, 2.45) is 0 Å². The van der Waals surface area contributed by atoms with Crippen LogP contribution in [0.25, 0.3) is 0 Å². The van der Waals surface area contributed by atoms with Crippen LogP contribution in [0.2, 0.25) is 0 Å². The second-order valence-electron chi connectivity index (χ2n) is 4.71. The van der Waals surface area contributed by atoms with Gasteiger partial charge in [-0.25, -0.2) is 0 Å². The van der Waals surface area contributed by atoms with Crippen LogP contribution < -0.4 is 10.1 Å². The first kappa shape index (κ1) is 14.6. The summed E-state index contributed by atoms with van der Waals surface area (Å²) in [5, 5.41) is 4.90. The minimum absolute atomic E-state index is 0.0624. The Labute approximate surface area is 123 Å². The van der Waals surface area contributed by atoms with Crippen molar-refractivity contribution in [2.45, 2.75) is 20.3 Å². The molecule has 0 aliphatic heterocycles. The number of rotatable bonds is 6. The molecule has 0 radical (unpaired) electrons. The van der Waals surface area contributed by atoms with Crippen molar-refractivity contribution in [3.8, 4) is 5.75 Å². The van der Waals surface area contributed by atoms with E-state index in [1.54, 1.807) is 11.3 Å². The van der Waals surface area contributed by atoms with Crippen molar-refractivity contribution >= 4 is 17.2 Å². The first-order valence-electron chi connectivity index (χ1n) is 6.64. The third-order valence-corrected chi connectivity index (χ3v) is 4.06. The minimum Gasteiger partial charge on any atom is -0.484 e. The molecular weight excluding hydrogens is 270 g/mol. The van der Waals surface area contributed by atoms with Crippen molar-refractivity contribution in [3.05, 3.63) is 51.7 Å². The Bertz CT molecular complexity index is 564. The molecule has 4 heteroatoms. The largest absolute Gasteiger partial charge is 0.484 e. The van der Waals surface area contributed by atoms with E-state index in [0.29, 0.717) is 6.54 Å². The average Bonchev–Trinajstić information content (AvgIpc) is 2.93. The van der Waals surface area contributed by atoms with E-state index in [2.05, 4.69) is 18.3 Å². The Morgan fingerprint density at radius 2 is 2.10 bits per heavy atom. The lowest BCUT2D eigenvalue weighted by atomic mass is 10.1. The van der Waals surface area contributed by atoms with Crippen LogP contribution in [0.1, 0.15) is 16.0 Å². The highest BCUT2D eigenvalue weighted by Crippen LogP contribution is 2.16. The van der Waals surface area contributed by atoms with Crippen LogP contribution in [0, 0.1) is 13.8 Å². The van der Waals surface area contributed by atoms with E-state index in [-0.39, 0.29) is 12.5 Å². The van der Waals surface area contributed by atoms with Crippen LogP contribution >= 0.6 is 11.3 Å². The van der Waals surface area contributed by atoms with Crippen LogP contribution in [0.5, 0.6) is 5.75 Å². The van der Waals surface area contributed by atoms with Gasteiger partial charge in [-0.05, 0) is 55.0 Å². The van der Waals surface area contributed by atoms with Crippen molar-refractivity contribution in [1.82, 2.24) is 5.32 Å². The highest BCUT2D eigenvalue weighted by molar-refractivity contribution is 7.09. The van der Waals surface area contributed by atoms with Crippen molar-refractivity contribution < 1.29 is 9.53 Å². The molecule has 1 heterocycles. The number of carbonyl (C=O) groups excluding carboxylic acids is 1. The van der Waals surface area contributed by atoms with E-state index in [1.165, 1.54) is 16.0 Å². The normalized spacial score (nSPS) is 10.3. The lowest BCUT2D eigenvalue weighted by Crippen LogP contribution is -2.30. The lowest BCUT2D eigenvalue weighted by molar-refractivity contribution is -0.123. The number of nitrogens with one attached hydrogen (secondary N) is 1. The van der Waals surface area contributed by atoms with E-state index in [4.69, 9.17) is 4.74 Å². The number of thiophene rings is 1. The molecule has 0 aliphatic carbocycles. The highest BCUT2D eigenvalue weighted by atomic mass is 32.1. The fourth-order valence-corrected chi connectivity index (χ4v) is 2.49. The average molecular weight is 289 g/mol. The van der Waals surface area contributed by atoms with Gasteiger partial charge < -0.3 is 10.1 Å². The quantitative estimate of drug-likeness (QED) is 0.887. The Balaban J connectivity index is 1.70. The zero-order valence-corrected chi connectivity index (χ0v) is 12.6. The summed E-state index contributed by atoms with van der Waals surface area (Å²) in [5.74, 6) is 0.654. The molecule has 20 heavy (non-hydrogen) atoms. The number of benzene rings is 1. The lowest BCUT2D eigenvalue weighted by Gasteiger charge is -2.08. The summed E-state index contributed by atoms with van der Waals surface area (Å²) in [7, 11) is 0. The number of amides is 1. The van der Waals surface area contributed by atoms with Crippen molar-refractivity contribution in [2.75, 3.05) is 13.2 Å². The van der Waals surface area contributed by atoms with Gasteiger partial charge in [0.25, 0.3) is 5.91 Å². The summed E-state index contributed by atoms with van der Waals surface area (Å²) in [5.41, 5.74) is 2.39. The highest BCUT2D eigenvalue weighted by Gasteiger charge is 2.03. The molecule has 1 amide bonds. The Hall–Kier alpha value is -1.81. The molecule has 0 fully saturated rings. The van der Waals surface area contributed by atoms with Gasteiger partial charge in [-0.2, -0.15) is 0 Å². The first-order valence-corrected chi connectivity index (χ1v) is 7.52. The van der Waals surface area contributed by atoms with E-state index < -0.39 is 0 Å². The van der Waals surface area contributed by atoms with Gasteiger partial charge in [-0.1, -0.05) is 12.1 Å². The maximum absolute atomic E-state index is 11.7. The van der Waals surface area contributed by atoms with E-state index in [9.17, 15) is 4.79 Å². The SMILES string of the molecule is Cc1ccc(OCC(=O)NCCc2cccs2)cc1C. The van der Waals surface area contributed by atoms with Gasteiger partial charge >= 0.3 is 0 Å². The Morgan fingerprint density at radius 3 is 2.80 bits per heavy atom. The third-order valence-electron chi connectivity index (χ3n) is 3.12. The number of carbonyl (C=O) groups is 1. The molecule has 2 rings (SSSR count). The number of hydrogen-bond acceptors (Lipinski definition) is 3. The van der Waals surface area contributed by atoms with E-state index in [1.807, 2.05) is 36.6 Å². The van der Waals surface area contributed by atoms with Gasteiger partial charge in [-0.3, -0.25) is 4.79 Å². The van der Waals surface area contributed by atoms with Crippen LogP contribution in [-0.4, -0.2) is 19.1 Å². The zero-order valence-electron chi connectivity index (χ0n) is 11.8. The summed E-state index contributed by atoms with van der Waals surface area (Å²) in [6.45, 7) is 4.79. The topological polar surface area (TPSA) is 38.3 Å². The fourth-order valence-electron chi connectivity index (χ4n) is 1.78. The molecule has 1 aromatic carbocycles. The molecular formula is C16H19NO2S. The second kappa shape index (κ2) is 7.10. The van der Waals surface area contributed by atoms with E-state index >= 15 is 0 Å². The molecule has 0 unspecified atom stereocenters. The van der Waals surface area contributed by atoms with Gasteiger partial charge in [0, 0.05) is 11.4 Å². The molecule has 106 valence electrons. The molecule has 0 bridgehead atoms. The summed E-state index contributed by atoms with van der Waals surface area (Å²) < 4.78 is 5.48. The smallest absolute Gasteiger partial charge is 0.257 e. The van der Waals surface area contributed by atoms with Crippen molar-refractivity contribution in [1.29, 1.82) is 0 Å². The molecule has 0 saturated heterocycles. The third kappa shape index (κ3) is 4.38. The molecule has 1 N–H and O–H groups in total. The molecule has 3 nitrogen and oxygen atoms in total. The molecule has 0 saturated carbocycles. The van der Waals surface area contributed by atoms with Gasteiger partial charge in [0.05, 0.1) is 0 Å². The maximum Gasteiger partial charge on any atom is 0.257 e. The summed E-state index contributed by atoms with van der Waals surface area (Å²) in [6.07, 6.45) is 0.868. The fraction of sp³-hybridized carbons (Fsp3) is 0.312. The predicted octanol–water partition coefficient (Wildman–Crippen LogP) is 3.10. The standard InChI is InChI=1S/C16H19NO2S/c1-12-5-6-14(10-13(12)2)19-11-16(18)17-8-7-15-4-3-9-20-15/h3-6,9-10H,7-8,11H2,1-2H3,(H,17,18). The Morgan fingerprint density at radius 1 is 1.25 bits per heavy atom. The molecule has 2 aromatic rings. The predicted molar refractivity (Wildman–Crippen MR) is 82.4 cm³/mol. The van der Waals surface area contributed by atoms with Gasteiger partial charge in [0.15, 0.2) is 6.61 Å². The van der Waals surface area contributed by atoms with Gasteiger partial charge in [0.2, 0.25) is 0 Å². The number of hydrogen-bond donors (Lipinski definition) is 1. The molecule has 0 aliphatic rings. The summed E-state index contributed by atoms with van der Waals surface area (Å²) in [6, 6.07) is 9.93. The van der Waals surface area contributed by atoms with Crippen LogP contribution in [0.4, 0.5) is 0 Å². The van der Waals surface area contributed by atoms with Crippen LogP contribution in [-0.2, 0) is 11.2 Å². The monoisotopic (exact) mass is 289 g/mol. The first-order chi connectivity index (χ1) is 9.65. The second-order valence-corrected chi connectivity index (χ2v) is 5.75. The minimum atomic E-state index is -0.0835. The van der Waals surface area contributed by atoms with Crippen LogP contribution in [0.3, 0.4) is 0 Å². The van der Waals surface area contributed by atoms with Gasteiger partial charge in [-0.15, -0.1) is 11.3 Å².